The van der Waals surface area contributed by atoms with Gasteiger partial charge >= 0.3 is 0 Å². The number of carbonyl (C=O) groups is 2. The first kappa shape index (κ1) is 19.7. The van der Waals surface area contributed by atoms with Crippen molar-refractivity contribution < 1.29 is 14.3 Å². The van der Waals surface area contributed by atoms with Crippen LogP contribution in [-0.4, -0.2) is 25.1 Å². The van der Waals surface area contributed by atoms with Crippen LogP contribution < -0.4 is 15.5 Å². The lowest BCUT2D eigenvalue weighted by Crippen LogP contribution is -2.18. The second kappa shape index (κ2) is 10.4. The molecule has 0 aromatic heterocycles. The molecule has 2 aromatic rings. The van der Waals surface area contributed by atoms with Crippen molar-refractivity contribution in [3.8, 4) is 5.75 Å². The second-order valence-electron chi connectivity index (χ2n) is 5.48. The van der Waals surface area contributed by atoms with Gasteiger partial charge in [-0.15, -0.1) is 0 Å². The molecule has 0 heterocycles. The number of amides is 2. The third kappa shape index (κ3) is 7.06. The molecule has 0 aliphatic heterocycles. The molecule has 0 aliphatic rings. The first-order valence-corrected chi connectivity index (χ1v) is 8.87. The van der Waals surface area contributed by atoms with Crippen molar-refractivity contribution in [2.45, 2.75) is 19.3 Å². The van der Waals surface area contributed by atoms with Crippen molar-refractivity contribution >= 4 is 39.6 Å². The smallest absolute Gasteiger partial charge is 0.240 e. The molecule has 0 saturated heterocycles. The number of nitrogens with zero attached hydrogens (tertiary/aromatic N) is 1. The van der Waals surface area contributed by atoms with Crippen molar-refractivity contribution in [1.82, 2.24) is 5.43 Å². The summed E-state index contributed by atoms with van der Waals surface area (Å²) < 4.78 is 6.01. The van der Waals surface area contributed by atoms with Crippen LogP contribution in [-0.2, 0) is 9.59 Å². The minimum absolute atomic E-state index is 0.129. The molecule has 0 atom stereocenters. The fourth-order valence-electron chi connectivity index (χ4n) is 2.16. The van der Waals surface area contributed by atoms with Crippen molar-refractivity contribution in [3.63, 3.8) is 0 Å². The van der Waals surface area contributed by atoms with E-state index in [1.54, 1.807) is 13.3 Å². The van der Waals surface area contributed by atoms with Crippen molar-refractivity contribution in [3.05, 3.63) is 58.6 Å². The molecule has 0 spiro atoms. The lowest BCUT2D eigenvalue weighted by molar-refractivity contribution is -0.121. The summed E-state index contributed by atoms with van der Waals surface area (Å²) in [6.07, 6.45) is 2.47. The Labute approximate surface area is 160 Å². The Hall–Kier alpha value is -2.67. The van der Waals surface area contributed by atoms with Crippen LogP contribution in [0.4, 0.5) is 5.69 Å². The number of nitrogens with one attached hydrogen (secondary N) is 2. The molecule has 0 radical (unpaired) electrons. The standard InChI is InChI=1S/C19H20BrN3O3/c1-26-17-8-2-5-14(11-17)13-21-23-19(25)10-4-9-18(24)22-16-7-3-6-15(20)12-16/h2-3,5-8,11-13H,4,9-10H2,1H3,(H,22,24)(H,23,25). The first-order chi connectivity index (χ1) is 12.6. The van der Waals surface area contributed by atoms with Gasteiger partial charge in [0.1, 0.15) is 5.75 Å². The van der Waals surface area contributed by atoms with E-state index in [2.05, 4.69) is 31.8 Å². The highest BCUT2D eigenvalue weighted by molar-refractivity contribution is 9.10. The minimum Gasteiger partial charge on any atom is -0.497 e. The van der Waals surface area contributed by atoms with E-state index in [9.17, 15) is 9.59 Å². The van der Waals surface area contributed by atoms with Crippen LogP contribution in [0.3, 0.4) is 0 Å². The molecule has 0 aliphatic carbocycles. The summed E-state index contributed by atoms with van der Waals surface area (Å²) >= 11 is 3.35. The molecule has 0 fully saturated rings. The number of ether oxygens (including phenoxy) is 1. The predicted octanol–water partition coefficient (Wildman–Crippen LogP) is 3.72. The van der Waals surface area contributed by atoms with Crippen LogP contribution in [0, 0.1) is 0 Å². The van der Waals surface area contributed by atoms with Gasteiger partial charge in [-0.2, -0.15) is 5.10 Å². The molecule has 7 heteroatoms. The van der Waals surface area contributed by atoms with Gasteiger partial charge in [-0.1, -0.05) is 34.1 Å². The number of hydrogen-bond donors (Lipinski definition) is 2. The maximum absolute atomic E-state index is 11.9. The zero-order valence-electron chi connectivity index (χ0n) is 14.4. The van der Waals surface area contributed by atoms with E-state index < -0.39 is 0 Å². The SMILES string of the molecule is COc1cccc(C=NNC(=O)CCCC(=O)Nc2cccc(Br)c2)c1. The quantitative estimate of drug-likeness (QED) is 0.507. The van der Waals surface area contributed by atoms with Crippen molar-refractivity contribution in [1.29, 1.82) is 0 Å². The lowest BCUT2D eigenvalue weighted by atomic mass is 10.2. The number of hydrazone groups is 1. The summed E-state index contributed by atoms with van der Waals surface area (Å²) in [6.45, 7) is 0. The zero-order chi connectivity index (χ0) is 18.8. The monoisotopic (exact) mass is 417 g/mol. The summed E-state index contributed by atoms with van der Waals surface area (Å²) in [4.78, 5) is 23.6. The molecule has 2 N–H and O–H groups in total. The number of anilines is 1. The van der Waals surface area contributed by atoms with Crippen LogP contribution in [0.15, 0.2) is 58.1 Å². The lowest BCUT2D eigenvalue weighted by Gasteiger charge is -2.05. The maximum atomic E-state index is 11.9. The third-order valence-electron chi connectivity index (χ3n) is 3.41. The summed E-state index contributed by atoms with van der Waals surface area (Å²) in [5.41, 5.74) is 3.99. The van der Waals surface area contributed by atoms with Gasteiger partial charge in [0, 0.05) is 23.0 Å². The van der Waals surface area contributed by atoms with E-state index in [4.69, 9.17) is 4.74 Å². The van der Waals surface area contributed by atoms with Gasteiger partial charge in [-0.25, -0.2) is 5.43 Å². The maximum Gasteiger partial charge on any atom is 0.240 e. The molecule has 26 heavy (non-hydrogen) atoms. The normalized spacial score (nSPS) is 10.5. The van der Waals surface area contributed by atoms with Gasteiger partial charge in [-0.3, -0.25) is 9.59 Å². The van der Waals surface area contributed by atoms with E-state index >= 15 is 0 Å². The number of carbonyl (C=O) groups excluding carboxylic acids is 2. The van der Waals surface area contributed by atoms with Crippen molar-refractivity contribution in [2.75, 3.05) is 12.4 Å². The molecule has 0 bridgehead atoms. The molecule has 2 rings (SSSR count). The zero-order valence-corrected chi connectivity index (χ0v) is 16.0. The van der Waals surface area contributed by atoms with E-state index in [0.717, 1.165) is 21.5 Å². The molecule has 0 unspecified atom stereocenters. The second-order valence-corrected chi connectivity index (χ2v) is 6.40. The topological polar surface area (TPSA) is 79.8 Å². The van der Waals surface area contributed by atoms with Crippen LogP contribution in [0.25, 0.3) is 0 Å². The molecular weight excluding hydrogens is 398 g/mol. The average Bonchev–Trinajstić information content (AvgIpc) is 2.62. The average molecular weight is 418 g/mol. The molecule has 0 saturated carbocycles. The highest BCUT2D eigenvalue weighted by Crippen LogP contribution is 2.16. The minimum atomic E-state index is -0.237. The Morgan fingerprint density at radius 2 is 1.88 bits per heavy atom. The fraction of sp³-hybridized carbons (Fsp3) is 0.211. The Balaban J connectivity index is 1.68. The molecule has 2 aromatic carbocycles. The summed E-state index contributed by atoms with van der Waals surface area (Å²) in [7, 11) is 1.59. The number of hydrogen-bond acceptors (Lipinski definition) is 4. The Morgan fingerprint density at radius 3 is 2.65 bits per heavy atom. The van der Waals surface area contributed by atoms with E-state index in [0.29, 0.717) is 6.42 Å². The van der Waals surface area contributed by atoms with Crippen LogP contribution >= 0.6 is 15.9 Å². The summed E-state index contributed by atoms with van der Waals surface area (Å²) in [5, 5.41) is 6.70. The third-order valence-corrected chi connectivity index (χ3v) is 3.91. The van der Waals surface area contributed by atoms with E-state index in [1.165, 1.54) is 0 Å². The van der Waals surface area contributed by atoms with Crippen LogP contribution in [0.2, 0.25) is 0 Å². The Bertz CT molecular complexity index is 793. The molecule has 6 nitrogen and oxygen atoms in total. The Morgan fingerprint density at radius 1 is 1.12 bits per heavy atom. The van der Waals surface area contributed by atoms with E-state index in [1.807, 2.05) is 48.5 Å². The summed E-state index contributed by atoms with van der Waals surface area (Å²) in [6, 6.07) is 14.7. The number of methoxy groups -OCH3 is 1. The Kier molecular flexibility index (Phi) is 7.82. The highest BCUT2D eigenvalue weighted by Gasteiger charge is 2.05. The highest BCUT2D eigenvalue weighted by atomic mass is 79.9. The van der Waals surface area contributed by atoms with Gasteiger partial charge in [0.05, 0.1) is 13.3 Å². The van der Waals surface area contributed by atoms with Gasteiger partial charge in [0.15, 0.2) is 0 Å². The fourth-order valence-corrected chi connectivity index (χ4v) is 2.55. The van der Waals surface area contributed by atoms with Gasteiger partial charge in [0.2, 0.25) is 11.8 Å². The molecular formula is C19H20BrN3O3. The van der Waals surface area contributed by atoms with E-state index in [-0.39, 0.29) is 24.7 Å². The van der Waals surface area contributed by atoms with Crippen molar-refractivity contribution in [2.24, 2.45) is 5.10 Å². The predicted molar refractivity (Wildman–Crippen MR) is 105 cm³/mol. The van der Waals surface area contributed by atoms with Gasteiger partial charge in [-0.05, 0) is 42.3 Å². The largest absolute Gasteiger partial charge is 0.497 e. The van der Waals surface area contributed by atoms with Crippen LogP contribution in [0.5, 0.6) is 5.75 Å². The first-order valence-electron chi connectivity index (χ1n) is 8.08. The summed E-state index contributed by atoms with van der Waals surface area (Å²) in [5.74, 6) is 0.354. The van der Waals surface area contributed by atoms with Crippen LogP contribution in [0.1, 0.15) is 24.8 Å². The number of rotatable bonds is 8. The van der Waals surface area contributed by atoms with Gasteiger partial charge in [0.25, 0.3) is 0 Å². The number of benzene rings is 2. The molecule has 2 amide bonds. The number of halogens is 1. The van der Waals surface area contributed by atoms with Gasteiger partial charge < -0.3 is 10.1 Å². The molecule has 136 valence electrons.